The van der Waals surface area contributed by atoms with Crippen LogP contribution in [-0.2, 0) is 14.3 Å². The number of benzene rings is 1. The first-order valence-corrected chi connectivity index (χ1v) is 13.5. The third kappa shape index (κ3) is 7.06. The van der Waals surface area contributed by atoms with Gasteiger partial charge >= 0.3 is 0 Å². The standard InChI is InChI=1S/C29H40N2O8/c1-4-6-7-8-10-24(34)31(12-9-14-38-5-2)22-17-21(29(36)30-11-13-32)25-20-15-19(18-33)16-23(37-3)27(20)39-28(25)26(22)35/h4,15-18,22,25-26,28,32,35H,1,5-14H2,2-3H3,(H,30,36). The van der Waals surface area contributed by atoms with Crippen molar-refractivity contribution >= 4 is 18.1 Å². The summed E-state index contributed by atoms with van der Waals surface area (Å²) in [7, 11) is 1.45. The Labute approximate surface area is 229 Å². The van der Waals surface area contributed by atoms with E-state index in [1.165, 1.54) is 13.2 Å². The first-order valence-electron chi connectivity index (χ1n) is 13.5. The number of hydrogen-bond acceptors (Lipinski definition) is 8. The molecule has 3 rings (SSSR count). The average molecular weight is 545 g/mol. The van der Waals surface area contributed by atoms with Crippen LogP contribution < -0.4 is 14.8 Å². The molecule has 1 heterocycles. The number of ether oxygens (including phenoxy) is 3. The Morgan fingerprint density at radius 1 is 1.26 bits per heavy atom. The van der Waals surface area contributed by atoms with Crippen LogP contribution in [0.3, 0.4) is 0 Å². The summed E-state index contributed by atoms with van der Waals surface area (Å²) in [5.74, 6) is -0.630. The second-order valence-electron chi connectivity index (χ2n) is 9.57. The summed E-state index contributed by atoms with van der Waals surface area (Å²) in [4.78, 5) is 40.0. The molecule has 3 N–H and O–H groups in total. The van der Waals surface area contributed by atoms with Gasteiger partial charge in [-0.15, -0.1) is 6.58 Å². The zero-order valence-electron chi connectivity index (χ0n) is 22.8. The van der Waals surface area contributed by atoms with Gasteiger partial charge in [-0.2, -0.15) is 0 Å². The molecule has 0 radical (unpaired) electrons. The summed E-state index contributed by atoms with van der Waals surface area (Å²) >= 11 is 0. The van der Waals surface area contributed by atoms with Crippen LogP contribution >= 0.6 is 0 Å². The SMILES string of the molecule is C=CCCCCC(=O)N(CCCOCC)C1C=C(C(=O)NCCO)C2c3cc(C=O)cc(OC)c3OC2C1O. The van der Waals surface area contributed by atoms with E-state index in [1.54, 1.807) is 17.0 Å². The number of methoxy groups -OCH3 is 1. The summed E-state index contributed by atoms with van der Waals surface area (Å²) < 4.78 is 17.1. The van der Waals surface area contributed by atoms with Crippen LogP contribution in [0.4, 0.5) is 0 Å². The number of amides is 2. The van der Waals surface area contributed by atoms with E-state index in [9.17, 15) is 24.6 Å². The van der Waals surface area contributed by atoms with Crippen molar-refractivity contribution in [2.24, 2.45) is 0 Å². The van der Waals surface area contributed by atoms with Crippen molar-refractivity contribution < 1.29 is 38.8 Å². The zero-order valence-corrected chi connectivity index (χ0v) is 22.8. The van der Waals surface area contributed by atoms with Gasteiger partial charge in [0.1, 0.15) is 18.5 Å². The lowest BCUT2D eigenvalue weighted by atomic mass is 9.77. The minimum absolute atomic E-state index is 0.0342. The van der Waals surface area contributed by atoms with E-state index < -0.39 is 30.1 Å². The van der Waals surface area contributed by atoms with Crippen molar-refractivity contribution in [2.45, 2.75) is 63.2 Å². The quantitative estimate of drug-likeness (QED) is 0.164. The highest BCUT2D eigenvalue weighted by molar-refractivity contribution is 5.96. The Balaban J connectivity index is 2.02. The molecule has 0 bridgehead atoms. The summed E-state index contributed by atoms with van der Waals surface area (Å²) in [5.41, 5.74) is 1.18. The van der Waals surface area contributed by atoms with Crippen LogP contribution in [0.1, 0.15) is 60.9 Å². The molecule has 0 saturated heterocycles. The highest BCUT2D eigenvalue weighted by atomic mass is 16.5. The van der Waals surface area contributed by atoms with Gasteiger partial charge in [0, 0.05) is 49.4 Å². The molecule has 1 aliphatic carbocycles. The number of hydrogen-bond donors (Lipinski definition) is 3. The van der Waals surface area contributed by atoms with Crippen LogP contribution in [0.5, 0.6) is 11.5 Å². The monoisotopic (exact) mass is 544 g/mol. The molecule has 10 heteroatoms. The van der Waals surface area contributed by atoms with Gasteiger partial charge in [-0.3, -0.25) is 14.4 Å². The first kappa shape index (κ1) is 30.3. The Morgan fingerprint density at radius 2 is 2.05 bits per heavy atom. The minimum atomic E-state index is -1.16. The Morgan fingerprint density at radius 3 is 2.72 bits per heavy atom. The lowest BCUT2D eigenvalue weighted by molar-refractivity contribution is -0.137. The number of rotatable bonds is 16. The van der Waals surface area contributed by atoms with Gasteiger partial charge in [-0.25, -0.2) is 0 Å². The van der Waals surface area contributed by atoms with Crippen molar-refractivity contribution in [2.75, 3.05) is 40.0 Å². The van der Waals surface area contributed by atoms with E-state index in [4.69, 9.17) is 14.2 Å². The number of aliphatic hydroxyl groups is 2. The van der Waals surface area contributed by atoms with E-state index in [0.717, 1.165) is 12.8 Å². The molecule has 4 atom stereocenters. The predicted octanol–water partition coefficient (Wildman–Crippen LogP) is 2.13. The first-order chi connectivity index (χ1) is 18.9. The van der Waals surface area contributed by atoms with Crippen molar-refractivity contribution in [3.05, 3.63) is 47.6 Å². The van der Waals surface area contributed by atoms with E-state index in [-0.39, 0.29) is 25.5 Å². The molecule has 1 aromatic carbocycles. The fraction of sp³-hybridized carbons (Fsp3) is 0.552. The maximum absolute atomic E-state index is 13.4. The number of aliphatic hydroxyl groups excluding tert-OH is 2. The van der Waals surface area contributed by atoms with Gasteiger partial charge in [-0.1, -0.05) is 6.08 Å². The van der Waals surface area contributed by atoms with E-state index in [1.807, 2.05) is 13.0 Å². The maximum Gasteiger partial charge on any atom is 0.247 e. The van der Waals surface area contributed by atoms with E-state index in [2.05, 4.69) is 11.9 Å². The molecular formula is C29H40N2O8. The largest absolute Gasteiger partial charge is 0.493 e. The highest BCUT2D eigenvalue weighted by Crippen LogP contribution is 2.51. The maximum atomic E-state index is 13.4. The Hall–Kier alpha value is -3.21. The van der Waals surface area contributed by atoms with Gasteiger partial charge in [0.05, 0.1) is 25.7 Å². The van der Waals surface area contributed by atoms with Gasteiger partial charge in [0.2, 0.25) is 11.8 Å². The minimum Gasteiger partial charge on any atom is -0.493 e. The van der Waals surface area contributed by atoms with Crippen LogP contribution in [0, 0.1) is 0 Å². The molecule has 1 aromatic rings. The number of carbonyl (C=O) groups excluding carboxylic acids is 3. The van der Waals surface area contributed by atoms with Crippen molar-refractivity contribution in [1.82, 2.24) is 10.2 Å². The molecule has 0 aromatic heterocycles. The van der Waals surface area contributed by atoms with Crippen LogP contribution in [0.2, 0.25) is 0 Å². The second kappa shape index (κ2) is 14.8. The van der Waals surface area contributed by atoms with Gasteiger partial charge in [0.25, 0.3) is 0 Å². The smallest absolute Gasteiger partial charge is 0.247 e. The fourth-order valence-corrected chi connectivity index (χ4v) is 5.19. The second-order valence-corrected chi connectivity index (χ2v) is 9.57. The van der Waals surface area contributed by atoms with Gasteiger partial charge < -0.3 is 34.6 Å². The van der Waals surface area contributed by atoms with E-state index in [0.29, 0.717) is 67.1 Å². The third-order valence-electron chi connectivity index (χ3n) is 7.03. The van der Waals surface area contributed by atoms with Crippen molar-refractivity contribution in [3.63, 3.8) is 0 Å². The Kier molecular flexibility index (Phi) is 11.5. The summed E-state index contributed by atoms with van der Waals surface area (Å²) in [6.07, 6.45) is 5.20. The zero-order chi connectivity index (χ0) is 28.4. The average Bonchev–Trinajstić information content (AvgIpc) is 3.34. The lowest BCUT2D eigenvalue weighted by Crippen LogP contribution is -2.56. The van der Waals surface area contributed by atoms with E-state index >= 15 is 0 Å². The van der Waals surface area contributed by atoms with Crippen LogP contribution in [-0.4, -0.2) is 91.5 Å². The molecule has 39 heavy (non-hydrogen) atoms. The number of nitrogens with zero attached hydrogens (tertiary/aromatic N) is 1. The third-order valence-corrected chi connectivity index (χ3v) is 7.03. The number of allylic oxidation sites excluding steroid dienone is 1. The molecule has 0 spiro atoms. The molecule has 0 saturated carbocycles. The van der Waals surface area contributed by atoms with Gasteiger partial charge in [0.15, 0.2) is 11.5 Å². The normalized spacial score (nSPS) is 21.2. The molecule has 214 valence electrons. The number of carbonyl (C=O) groups is 3. The molecular weight excluding hydrogens is 504 g/mol. The lowest BCUT2D eigenvalue weighted by Gasteiger charge is -2.41. The number of nitrogens with one attached hydrogen (secondary N) is 1. The molecule has 4 unspecified atom stereocenters. The number of fused-ring (bicyclic) bond motifs is 3. The fourth-order valence-electron chi connectivity index (χ4n) is 5.19. The summed E-state index contributed by atoms with van der Waals surface area (Å²) in [6, 6.07) is 2.33. The Bertz CT molecular complexity index is 1060. The summed E-state index contributed by atoms with van der Waals surface area (Å²) in [6.45, 7) is 6.74. The molecule has 2 amide bonds. The molecule has 1 aliphatic heterocycles. The molecule has 10 nitrogen and oxygen atoms in total. The van der Waals surface area contributed by atoms with Crippen molar-refractivity contribution in [3.8, 4) is 11.5 Å². The number of unbranched alkanes of at least 4 members (excludes halogenated alkanes) is 2. The van der Waals surface area contributed by atoms with Crippen LogP contribution in [0.15, 0.2) is 36.4 Å². The predicted molar refractivity (Wildman–Crippen MR) is 145 cm³/mol. The highest BCUT2D eigenvalue weighted by Gasteiger charge is 2.51. The molecule has 0 fully saturated rings. The van der Waals surface area contributed by atoms with Gasteiger partial charge in [-0.05, 0) is 50.8 Å². The molecule has 2 aliphatic rings. The van der Waals surface area contributed by atoms with Crippen LogP contribution in [0.25, 0.3) is 0 Å². The topological polar surface area (TPSA) is 135 Å². The van der Waals surface area contributed by atoms with Crippen molar-refractivity contribution in [1.29, 1.82) is 0 Å². The summed E-state index contributed by atoms with van der Waals surface area (Å²) in [5, 5.41) is 23.6. The number of aldehydes is 1.